The van der Waals surface area contributed by atoms with E-state index in [2.05, 4.69) is 20.3 Å². The highest BCUT2D eigenvalue weighted by molar-refractivity contribution is 6.42. The fourth-order valence-electron chi connectivity index (χ4n) is 2.08. The summed E-state index contributed by atoms with van der Waals surface area (Å²) in [6.45, 7) is 2.03. The molecule has 0 unspecified atom stereocenters. The van der Waals surface area contributed by atoms with Crippen molar-refractivity contribution >= 4 is 40.1 Å². The summed E-state index contributed by atoms with van der Waals surface area (Å²) in [5, 5.41) is 5.32. The number of benzene rings is 1. The number of aromatic nitrogens is 3. The number of anilines is 1. The third-order valence-corrected chi connectivity index (χ3v) is 3.94. The van der Waals surface area contributed by atoms with E-state index in [1.807, 2.05) is 31.2 Å². The highest BCUT2D eigenvalue weighted by Gasteiger charge is 2.11. The largest absolute Gasteiger partial charge is 0.363 e. The third-order valence-electron chi connectivity index (χ3n) is 3.21. The van der Waals surface area contributed by atoms with Crippen molar-refractivity contribution in [2.45, 2.75) is 13.0 Å². The Balaban J connectivity index is 1.92. The molecular weight excluding hydrogens is 307 g/mol. The van der Waals surface area contributed by atoms with E-state index < -0.39 is 0 Å². The monoisotopic (exact) mass is 318 g/mol. The van der Waals surface area contributed by atoms with Gasteiger partial charge in [0.1, 0.15) is 12.1 Å². The summed E-state index contributed by atoms with van der Waals surface area (Å²) in [6, 6.07) is 9.40. The highest BCUT2D eigenvalue weighted by atomic mass is 35.5. The van der Waals surface area contributed by atoms with Crippen molar-refractivity contribution in [3.05, 3.63) is 58.5 Å². The standard InChI is InChI=1S/C15H12Cl2N4/c1-9(10-4-5-12(16)13(17)7-10)21-15-11-3-2-6-18-14(11)19-8-20-15/h2-9H,1H3,(H,18,19,20,21)/t9-/m1/s1. The van der Waals surface area contributed by atoms with Crippen LogP contribution in [0.3, 0.4) is 0 Å². The van der Waals surface area contributed by atoms with E-state index in [-0.39, 0.29) is 6.04 Å². The number of halogens is 2. The van der Waals surface area contributed by atoms with Crippen molar-refractivity contribution in [1.82, 2.24) is 15.0 Å². The molecule has 0 radical (unpaired) electrons. The van der Waals surface area contributed by atoms with Gasteiger partial charge in [-0.2, -0.15) is 0 Å². The van der Waals surface area contributed by atoms with Gasteiger partial charge in [-0.15, -0.1) is 0 Å². The molecule has 1 aromatic carbocycles. The number of hydrogen-bond donors (Lipinski definition) is 1. The predicted molar refractivity (Wildman–Crippen MR) is 85.8 cm³/mol. The second-order valence-electron chi connectivity index (χ2n) is 4.64. The molecule has 0 saturated carbocycles. The Morgan fingerprint density at radius 2 is 1.90 bits per heavy atom. The number of hydrogen-bond acceptors (Lipinski definition) is 4. The van der Waals surface area contributed by atoms with Crippen LogP contribution in [0, 0.1) is 0 Å². The molecule has 0 spiro atoms. The lowest BCUT2D eigenvalue weighted by Crippen LogP contribution is -2.08. The molecule has 0 aliphatic carbocycles. The van der Waals surface area contributed by atoms with Crippen LogP contribution in [0.4, 0.5) is 5.82 Å². The summed E-state index contributed by atoms with van der Waals surface area (Å²) in [6.07, 6.45) is 3.21. The summed E-state index contributed by atoms with van der Waals surface area (Å²) in [5.41, 5.74) is 1.69. The predicted octanol–water partition coefficient (Wildman–Crippen LogP) is 4.50. The Bertz CT molecular complexity index is 786. The molecule has 0 bridgehead atoms. The van der Waals surface area contributed by atoms with Crippen molar-refractivity contribution in [2.24, 2.45) is 0 Å². The molecule has 2 heterocycles. The molecule has 1 N–H and O–H groups in total. The van der Waals surface area contributed by atoms with Crippen LogP contribution in [0.1, 0.15) is 18.5 Å². The van der Waals surface area contributed by atoms with Gasteiger partial charge in [-0.1, -0.05) is 29.3 Å². The zero-order valence-electron chi connectivity index (χ0n) is 11.2. The molecule has 3 rings (SSSR count). The average molecular weight is 319 g/mol. The number of pyridine rings is 1. The zero-order valence-corrected chi connectivity index (χ0v) is 12.7. The van der Waals surface area contributed by atoms with Crippen LogP contribution in [-0.2, 0) is 0 Å². The second-order valence-corrected chi connectivity index (χ2v) is 5.45. The van der Waals surface area contributed by atoms with E-state index in [1.165, 1.54) is 6.33 Å². The minimum atomic E-state index is 0.0260. The van der Waals surface area contributed by atoms with Crippen molar-refractivity contribution in [2.75, 3.05) is 5.32 Å². The molecule has 3 aromatic rings. The fourth-order valence-corrected chi connectivity index (χ4v) is 2.39. The Morgan fingerprint density at radius 1 is 1.05 bits per heavy atom. The van der Waals surface area contributed by atoms with E-state index in [9.17, 15) is 0 Å². The summed E-state index contributed by atoms with van der Waals surface area (Å²) in [5.74, 6) is 0.742. The number of rotatable bonds is 3. The molecule has 4 nitrogen and oxygen atoms in total. The van der Waals surface area contributed by atoms with Crippen LogP contribution in [-0.4, -0.2) is 15.0 Å². The molecule has 106 valence electrons. The SMILES string of the molecule is C[C@@H](Nc1ncnc2ncccc12)c1ccc(Cl)c(Cl)c1. The van der Waals surface area contributed by atoms with Gasteiger partial charge in [0.05, 0.1) is 21.5 Å². The lowest BCUT2D eigenvalue weighted by atomic mass is 10.1. The first kappa shape index (κ1) is 14.0. The number of nitrogens with one attached hydrogen (secondary N) is 1. The maximum Gasteiger partial charge on any atom is 0.164 e. The highest BCUT2D eigenvalue weighted by Crippen LogP contribution is 2.28. The van der Waals surface area contributed by atoms with Gasteiger partial charge in [-0.05, 0) is 36.8 Å². The van der Waals surface area contributed by atoms with E-state index in [4.69, 9.17) is 23.2 Å². The van der Waals surface area contributed by atoms with Crippen molar-refractivity contribution in [3.63, 3.8) is 0 Å². The van der Waals surface area contributed by atoms with E-state index in [0.717, 1.165) is 16.8 Å². The first-order chi connectivity index (χ1) is 10.1. The molecule has 0 amide bonds. The van der Waals surface area contributed by atoms with Crippen LogP contribution in [0.2, 0.25) is 10.0 Å². The van der Waals surface area contributed by atoms with Crippen molar-refractivity contribution in [1.29, 1.82) is 0 Å². The van der Waals surface area contributed by atoms with Gasteiger partial charge in [0, 0.05) is 6.20 Å². The minimum Gasteiger partial charge on any atom is -0.363 e. The van der Waals surface area contributed by atoms with Crippen LogP contribution >= 0.6 is 23.2 Å². The van der Waals surface area contributed by atoms with Gasteiger partial charge in [0.2, 0.25) is 0 Å². The maximum absolute atomic E-state index is 6.06. The van der Waals surface area contributed by atoms with E-state index in [0.29, 0.717) is 15.7 Å². The summed E-state index contributed by atoms with van der Waals surface area (Å²) in [7, 11) is 0. The first-order valence-electron chi connectivity index (χ1n) is 6.42. The zero-order chi connectivity index (χ0) is 14.8. The first-order valence-corrected chi connectivity index (χ1v) is 7.18. The average Bonchev–Trinajstić information content (AvgIpc) is 2.50. The molecular formula is C15H12Cl2N4. The molecule has 2 aromatic heterocycles. The Labute approximate surface area is 132 Å². The summed E-state index contributed by atoms with van der Waals surface area (Å²) >= 11 is 12.0. The van der Waals surface area contributed by atoms with Crippen LogP contribution in [0.5, 0.6) is 0 Å². The van der Waals surface area contributed by atoms with Gasteiger partial charge >= 0.3 is 0 Å². The normalized spacial score (nSPS) is 12.3. The molecule has 1 atom stereocenters. The van der Waals surface area contributed by atoms with Crippen LogP contribution in [0.15, 0.2) is 42.9 Å². The fraction of sp³-hybridized carbons (Fsp3) is 0.133. The summed E-state index contributed by atoms with van der Waals surface area (Å²) < 4.78 is 0. The van der Waals surface area contributed by atoms with E-state index in [1.54, 1.807) is 12.3 Å². The maximum atomic E-state index is 6.06. The van der Waals surface area contributed by atoms with E-state index >= 15 is 0 Å². The second kappa shape index (κ2) is 5.84. The van der Waals surface area contributed by atoms with Gasteiger partial charge in [-0.3, -0.25) is 0 Å². The molecule has 6 heteroatoms. The Hall–Kier alpha value is -1.91. The smallest absolute Gasteiger partial charge is 0.164 e. The van der Waals surface area contributed by atoms with Crippen LogP contribution in [0.25, 0.3) is 11.0 Å². The van der Waals surface area contributed by atoms with Crippen molar-refractivity contribution < 1.29 is 0 Å². The quantitative estimate of drug-likeness (QED) is 0.772. The molecule has 0 saturated heterocycles. The van der Waals surface area contributed by atoms with Crippen LogP contribution < -0.4 is 5.32 Å². The van der Waals surface area contributed by atoms with Gasteiger partial charge < -0.3 is 5.32 Å². The minimum absolute atomic E-state index is 0.0260. The lowest BCUT2D eigenvalue weighted by Gasteiger charge is -2.16. The molecule has 0 aliphatic heterocycles. The van der Waals surface area contributed by atoms with Gasteiger partial charge in [0.25, 0.3) is 0 Å². The molecule has 21 heavy (non-hydrogen) atoms. The third kappa shape index (κ3) is 2.91. The van der Waals surface area contributed by atoms with Crippen molar-refractivity contribution in [3.8, 4) is 0 Å². The molecule has 0 aliphatic rings. The molecule has 0 fully saturated rings. The Kier molecular flexibility index (Phi) is 3.90. The van der Waals surface area contributed by atoms with Gasteiger partial charge in [-0.25, -0.2) is 15.0 Å². The Morgan fingerprint density at radius 3 is 2.71 bits per heavy atom. The lowest BCUT2D eigenvalue weighted by molar-refractivity contribution is 0.875. The number of nitrogens with zero attached hydrogens (tertiary/aromatic N) is 3. The topological polar surface area (TPSA) is 50.7 Å². The number of fused-ring (bicyclic) bond motifs is 1. The van der Waals surface area contributed by atoms with Gasteiger partial charge in [0.15, 0.2) is 5.65 Å². The summed E-state index contributed by atoms with van der Waals surface area (Å²) in [4.78, 5) is 12.7.